The van der Waals surface area contributed by atoms with E-state index in [1.165, 1.54) is 17.0 Å². The molecule has 0 radical (unpaired) electrons. The molecule has 2 aliphatic heterocycles. The van der Waals surface area contributed by atoms with E-state index >= 15 is 0 Å². The van der Waals surface area contributed by atoms with E-state index in [2.05, 4.69) is 10.6 Å². The highest BCUT2D eigenvalue weighted by atomic mass is 35.5. The minimum atomic E-state index is -0.710. The summed E-state index contributed by atoms with van der Waals surface area (Å²) in [5.74, 6) is -1.64. The van der Waals surface area contributed by atoms with E-state index < -0.39 is 17.8 Å². The molecular formula is C25H23ClFN3O4. The Hall–Kier alpha value is -3.26. The van der Waals surface area contributed by atoms with Crippen LogP contribution in [-0.2, 0) is 16.1 Å². The van der Waals surface area contributed by atoms with Crippen molar-refractivity contribution in [2.45, 2.75) is 50.7 Å². The molecule has 2 atom stereocenters. The van der Waals surface area contributed by atoms with Gasteiger partial charge in [0.25, 0.3) is 11.8 Å². The van der Waals surface area contributed by atoms with E-state index in [-0.39, 0.29) is 54.1 Å². The first-order valence-electron chi connectivity index (χ1n) is 11.3. The average molecular weight is 484 g/mol. The number of amides is 4. The Morgan fingerprint density at radius 1 is 1.12 bits per heavy atom. The summed E-state index contributed by atoms with van der Waals surface area (Å²) in [5.41, 5.74) is 2.17. The number of rotatable bonds is 5. The van der Waals surface area contributed by atoms with Crippen molar-refractivity contribution in [2.24, 2.45) is 5.92 Å². The number of nitrogens with zero attached hydrogens (tertiary/aromatic N) is 1. The summed E-state index contributed by atoms with van der Waals surface area (Å²) < 4.78 is 13.6. The Morgan fingerprint density at radius 3 is 2.59 bits per heavy atom. The van der Waals surface area contributed by atoms with E-state index in [0.717, 1.165) is 19.3 Å². The fourth-order valence-corrected chi connectivity index (χ4v) is 5.20. The van der Waals surface area contributed by atoms with Crippen molar-refractivity contribution in [1.82, 2.24) is 15.5 Å². The van der Waals surface area contributed by atoms with Crippen LogP contribution in [0.15, 0.2) is 36.4 Å². The molecule has 0 unspecified atom stereocenters. The minimum absolute atomic E-state index is 0.179. The van der Waals surface area contributed by atoms with E-state index in [0.29, 0.717) is 22.3 Å². The molecule has 1 saturated heterocycles. The largest absolute Gasteiger partial charge is 0.345 e. The smallest absolute Gasteiger partial charge is 0.255 e. The van der Waals surface area contributed by atoms with Crippen LogP contribution in [0.5, 0.6) is 0 Å². The summed E-state index contributed by atoms with van der Waals surface area (Å²) in [6, 6.07) is 8.00. The van der Waals surface area contributed by atoms with Crippen molar-refractivity contribution in [3.63, 3.8) is 0 Å². The van der Waals surface area contributed by atoms with E-state index in [1.54, 1.807) is 24.3 Å². The number of carbonyl (C=O) groups excluding carboxylic acids is 4. The maximum Gasteiger partial charge on any atom is 0.255 e. The van der Waals surface area contributed by atoms with E-state index in [9.17, 15) is 23.6 Å². The van der Waals surface area contributed by atoms with Gasteiger partial charge in [0, 0.05) is 29.1 Å². The second-order valence-corrected chi connectivity index (χ2v) is 9.49. The molecule has 0 bridgehead atoms. The lowest BCUT2D eigenvalue weighted by Gasteiger charge is -2.35. The molecule has 1 aliphatic carbocycles. The Bertz CT molecular complexity index is 1210. The number of nitrogens with one attached hydrogen (secondary N) is 2. The maximum absolute atomic E-state index is 13.6. The van der Waals surface area contributed by atoms with Crippen molar-refractivity contribution in [3.05, 3.63) is 69.5 Å². The third-order valence-electron chi connectivity index (χ3n) is 6.99. The van der Waals surface area contributed by atoms with Crippen molar-refractivity contribution < 1.29 is 23.6 Å². The highest BCUT2D eigenvalue weighted by molar-refractivity contribution is 6.31. The second-order valence-electron chi connectivity index (χ2n) is 9.08. The summed E-state index contributed by atoms with van der Waals surface area (Å²) in [6.07, 6.45) is 3.40. The highest BCUT2D eigenvalue weighted by Gasteiger charge is 2.39. The molecule has 1 saturated carbocycles. The Kier molecular flexibility index (Phi) is 5.85. The van der Waals surface area contributed by atoms with Crippen LogP contribution in [0.2, 0.25) is 5.02 Å². The van der Waals surface area contributed by atoms with Gasteiger partial charge in [0.1, 0.15) is 11.9 Å². The third kappa shape index (κ3) is 4.07. The van der Waals surface area contributed by atoms with Crippen LogP contribution in [0.4, 0.5) is 4.39 Å². The topological polar surface area (TPSA) is 95.6 Å². The first kappa shape index (κ1) is 22.5. The van der Waals surface area contributed by atoms with Crippen LogP contribution in [0.3, 0.4) is 0 Å². The third-order valence-corrected chi connectivity index (χ3v) is 7.32. The molecule has 2 N–H and O–H groups in total. The molecule has 3 aliphatic rings. The lowest BCUT2D eigenvalue weighted by Crippen LogP contribution is -2.52. The molecule has 2 aromatic rings. The van der Waals surface area contributed by atoms with Gasteiger partial charge in [0.15, 0.2) is 0 Å². The number of benzene rings is 2. The SMILES string of the molecule is O=C1CC[C@H](N2Cc3cc(C(=O)N[C@@H](c4ccc(F)cc4Cl)C4CCC4)ccc3C2=O)C(=O)N1. The first-order chi connectivity index (χ1) is 16.3. The lowest BCUT2D eigenvalue weighted by atomic mass is 9.77. The maximum atomic E-state index is 13.6. The average Bonchev–Trinajstić information content (AvgIpc) is 3.08. The quantitative estimate of drug-likeness (QED) is 0.636. The Labute approximate surface area is 200 Å². The van der Waals surface area contributed by atoms with Gasteiger partial charge in [-0.1, -0.05) is 24.1 Å². The zero-order valence-electron chi connectivity index (χ0n) is 18.3. The number of hydrogen-bond acceptors (Lipinski definition) is 4. The summed E-state index contributed by atoms with van der Waals surface area (Å²) in [5, 5.41) is 5.61. The molecule has 2 aromatic carbocycles. The molecule has 0 aromatic heterocycles. The molecule has 176 valence electrons. The predicted octanol–water partition coefficient (Wildman–Crippen LogP) is 3.51. The van der Waals surface area contributed by atoms with Crippen LogP contribution in [-0.4, -0.2) is 34.6 Å². The molecule has 2 fully saturated rings. The van der Waals surface area contributed by atoms with Crippen LogP contribution in [0, 0.1) is 11.7 Å². The summed E-state index contributed by atoms with van der Waals surface area (Å²) in [4.78, 5) is 51.2. The molecule has 34 heavy (non-hydrogen) atoms. The van der Waals surface area contributed by atoms with Gasteiger partial charge < -0.3 is 10.2 Å². The van der Waals surface area contributed by atoms with Crippen molar-refractivity contribution in [1.29, 1.82) is 0 Å². The van der Waals surface area contributed by atoms with Gasteiger partial charge in [-0.15, -0.1) is 0 Å². The predicted molar refractivity (Wildman–Crippen MR) is 121 cm³/mol. The zero-order chi connectivity index (χ0) is 24.0. The number of fused-ring (bicyclic) bond motifs is 1. The van der Waals surface area contributed by atoms with Gasteiger partial charge in [0.05, 0.1) is 6.04 Å². The number of hydrogen-bond donors (Lipinski definition) is 2. The van der Waals surface area contributed by atoms with Gasteiger partial charge in [0.2, 0.25) is 11.8 Å². The number of imide groups is 1. The standard InChI is InChI=1S/C25H23ClFN3O4/c26-19-11-16(27)5-7-18(19)22(13-2-1-3-13)29-23(32)14-4-6-17-15(10-14)12-30(25(17)34)20-8-9-21(31)28-24(20)33/h4-7,10-11,13,20,22H,1-3,8-9,12H2,(H,29,32)(H,28,31,33)/t20-,22+/m0/s1. The highest BCUT2D eigenvalue weighted by Crippen LogP contribution is 2.40. The van der Waals surface area contributed by atoms with Gasteiger partial charge >= 0.3 is 0 Å². The summed E-state index contributed by atoms with van der Waals surface area (Å²) in [6.45, 7) is 0.192. The van der Waals surface area contributed by atoms with Crippen molar-refractivity contribution >= 4 is 35.2 Å². The molecule has 9 heteroatoms. The molecule has 0 spiro atoms. The normalized spacial score (nSPS) is 21.1. The molecule has 2 heterocycles. The van der Waals surface area contributed by atoms with Crippen LogP contribution < -0.4 is 10.6 Å². The molecule has 7 nitrogen and oxygen atoms in total. The molecule has 4 amide bonds. The number of carbonyl (C=O) groups is 4. The first-order valence-corrected chi connectivity index (χ1v) is 11.7. The minimum Gasteiger partial charge on any atom is -0.345 e. The van der Waals surface area contributed by atoms with Gasteiger partial charge in [-0.3, -0.25) is 24.5 Å². The number of piperidine rings is 1. The van der Waals surface area contributed by atoms with Crippen LogP contribution in [0.1, 0.15) is 70.0 Å². The van der Waals surface area contributed by atoms with E-state index in [1.807, 2.05) is 0 Å². The van der Waals surface area contributed by atoms with Gasteiger partial charge in [-0.25, -0.2) is 4.39 Å². The summed E-state index contributed by atoms with van der Waals surface area (Å²) >= 11 is 6.29. The van der Waals surface area contributed by atoms with Gasteiger partial charge in [-0.2, -0.15) is 0 Å². The van der Waals surface area contributed by atoms with Crippen LogP contribution >= 0.6 is 11.6 Å². The fraction of sp³-hybridized carbons (Fsp3) is 0.360. The Balaban J connectivity index is 1.35. The lowest BCUT2D eigenvalue weighted by molar-refractivity contribution is -0.136. The van der Waals surface area contributed by atoms with Gasteiger partial charge in [-0.05, 0) is 66.6 Å². The monoisotopic (exact) mass is 483 g/mol. The fourth-order valence-electron chi connectivity index (χ4n) is 4.92. The molecular weight excluding hydrogens is 461 g/mol. The van der Waals surface area contributed by atoms with E-state index in [4.69, 9.17) is 11.6 Å². The number of halogens is 2. The Morgan fingerprint density at radius 2 is 1.91 bits per heavy atom. The molecule has 5 rings (SSSR count). The van der Waals surface area contributed by atoms with Crippen molar-refractivity contribution in [2.75, 3.05) is 0 Å². The second kappa shape index (κ2) is 8.83. The summed E-state index contributed by atoms with van der Waals surface area (Å²) in [7, 11) is 0. The van der Waals surface area contributed by atoms with Crippen molar-refractivity contribution in [3.8, 4) is 0 Å². The zero-order valence-corrected chi connectivity index (χ0v) is 19.0. The van der Waals surface area contributed by atoms with Crippen LogP contribution in [0.25, 0.3) is 0 Å².